The van der Waals surface area contributed by atoms with Gasteiger partial charge in [0.2, 0.25) is 5.91 Å². The fourth-order valence-corrected chi connectivity index (χ4v) is 5.53. The third kappa shape index (κ3) is 6.06. The Kier molecular flexibility index (Phi) is 8.48. The number of rotatable bonds is 10. The van der Waals surface area contributed by atoms with E-state index in [0.717, 1.165) is 30.5 Å². The normalized spacial score (nSPS) is 17.4. The Bertz CT molecular complexity index is 1150. The van der Waals surface area contributed by atoms with Gasteiger partial charge in [0.15, 0.2) is 0 Å². The Morgan fingerprint density at radius 1 is 1.00 bits per heavy atom. The number of carbonyl (C=O) groups excluding carboxylic acids is 2. The van der Waals surface area contributed by atoms with E-state index in [0.29, 0.717) is 24.5 Å². The van der Waals surface area contributed by atoms with Crippen molar-refractivity contribution in [3.8, 4) is 5.75 Å². The molecule has 1 aliphatic heterocycles. The first-order valence-electron chi connectivity index (χ1n) is 12.2. The lowest BCUT2D eigenvalue weighted by Gasteiger charge is -2.26. The fourth-order valence-electron chi connectivity index (χ4n) is 4.27. The molecule has 1 heterocycles. The highest BCUT2D eigenvalue weighted by atomic mass is 32.2. The number of hydrogen-bond donors (Lipinski definition) is 1. The average Bonchev–Trinajstić information content (AvgIpc) is 3.19. The first kappa shape index (κ1) is 24.9. The molecular weight excluding hydrogens is 456 g/mol. The van der Waals surface area contributed by atoms with Gasteiger partial charge in [-0.15, -0.1) is 11.8 Å². The molecule has 1 saturated heterocycles. The molecule has 0 radical (unpaired) electrons. The molecule has 1 N–H and O–H groups in total. The van der Waals surface area contributed by atoms with Crippen LogP contribution >= 0.6 is 11.8 Å². The summed E-state index contributed by atoms with van der Waals surface area (Å²) < 4.78 is 5.80. The average molecular weight is 489 g/mol. The van der Waals surface area contributed by atoms with Crippen molar-refractivity contribution in [2.75, 3.05) is 18.1 Å². The van der Waals surface area contributed by atoms with Gasteiger partial charge >= 0.3 is 0 Å². The van der Waals surface area contributed by atoms with Gasteiger partial charge in [-0.1, -0.05) is 54.6 Å². The zero-order chi connectivity index (χ0) is 24.6. The highest BCUT2D eigenvalue weighted by molar-refractivity contribution is 8.01. The summed E-state index contributed by atoms with van der Waals surface area (Å²) in [5.74, 6) is 0.642. The van der Waals surface area contributed by atoms with Gasteiger partial charge in [0.1, 0.15) is 11.1 Å². The maximum atomic E-state index is 13.1. The molecule has 35 heavy (non-hydrogen) atoms. The van der Waals surface area contributed by atoms with E-state index in [-0.39, 0.29) is 22.4 Å². The molecule has 0 aliphatic carbocycles. The second kappa shape index (κ2) is 11.9. The SMILES string of the molecule is CCOc1ccccc1N1C(=O)C(C)SC1c1cccc(C(=O)NCCCCc2ccccc2)c1. The molecule has 182 valence electrons. The first-order valence-corrected chi connectivity index (χ1v) is 13.1. The molecule has 3 aromatic carbocycles. The lowest BCUT2D eigenvalue weighted by atomic mass is 10.1. The quantitative estimate of drug-likeness (QED) is 0.355. The van der Waals surface area contributed by atoms with Crippen molar-refractivity contribution >= 4 is 29.3 Å². The van der Waals surface area contributed by atoms with Crippen molar-refractivity contribution in [3.63, 3.8) is 0 Å². The topological polar surface area (TPSA) is 58.6 Å². The van der Waals surface area contributed by atoms with Gasteiger partial charge in [0.05, 0.1) is 17.5 Å². The Morgan fingerprint density at radius 2 is 1.77 bits per heavy atom. The van der Waals surface area contributed by atoms with Crippen molar-refractivity contribution in [2.24, 2.45) is 0 Å². The number of amides is 2. The molecule has 1 fully saturated rings. The summed E-state index contributed by atoms with van der Waals surface area (Å²) in [5, 5.41) is 2.64. The van der Waals surface area contributed by atoms with Crippen LogP contribution in [-0.2, 0) is 11.2 Å². The van der Waals surface area contributed by atoms with Gasteiger partial charge in [-0.25, -0.2) is 0 Å². The van der Waals surface area contributed by atoms with Crippen molar-refractivity contribution < 1.29 is 14.3 Å². The molecule has 0 saturated carbocycles. The van der Waals surface area contributed by atoms with Crippen LogP contribution in [0, 0.1) is 0 Å². The van der Waals surface area contributed by atoms with Crippen molar-refractivity contribution in [1.29, 1.82) is 0 Å². The van der Waals surface area contributed by atoms with Crippen LogP contribution in [0.1, 0.15) is 53.5 Å². The highest BCUT2D eigenvalue weighted by Gasteiger charge is 2.40. The van der Waals surface area contributed by atoms with Crippen LogP contribution in [0.4, 0.5) is 5.69 Å². The minimum absolute atomic E-state index is 0.0421. The van der Waals surface area contributed by atoms with Gasteiger partial charge in [-0.2, -0.15) is 0 Å². The minimum atomic E-state index is -0.224. The summed E-state index contributed by atoms with van der Waals surface area (Å²) in [7, 11) is 0. The standard InChI is InChI=1S/C29H32N2O3S/c1-3-34-26-18-8-7-17-25(26)31-28(33)21(2)35-29(31)24-16-11-15-23(20-24)27(32)30-19-10-9-14-22-12-5-4-6-13-22/h4-8,11-13,15-18,20-21,29H,3,9-10,14,19H2,1-2H3,(H,30,32). The maximum Gasteiger partial charge on any atom is 0.251 e. The summed E-state index contributed by atoms with van der Waals surface area (Å²) in [6.45, 7) is 5.02. The molecule has 2 amide bonds. The highest BCUT2D eigenvalue weighted by Crippen LogP contribution is 2.47. The Hall–Kier alpha value is -3.25. The predicted octanol–water partition coefficient (Wildman–Crippen LogP) is 6.01. The lowest BCUT2D eigenvalue weighted by molar-refractivity contribution is -0.117. The summed E-state index contributed by atoms with van der Waals surface area (Å²) in [6.07, 6.45) is 2.96. The zero-order valence-corrected chi connectivity index (χ0v) is 21.1. The molecule has 1 aliphatic rings. The van der Waals surface area contributed by atoms with E-state index in [2.05, 4.69) is 29.6 Å². The van der Waals surface area contributed by atoms with Crippen LogP contribution in [0.15, 0.2) is 78.9 Å². The molecule has 5 nitrogen and oxygen atoms in total. The van der Waals surface area contributed by atoms with Crippen LogP contribution < -0.4 is 15.0 Å². The van der Waals surface area contributed by atoms with Crippen molar-refractivity contribution in [1.82, 2.24) is 5.32 Å². The van der Waals surface area contributed by atoms with Gasteiger partial charge < -0.3 is 10.1 Å². The van der Waals surface area contributed by atoms with E-state index < -0.39 is 0 Å². The van der Waals surface area contributed by atoms with Crippen LogP contribution in [0.3, 0.4) is 0 Å². The second-order valence-electron chi connectivity index (χ2n) is 8.56. The number of nitrogens with one attached hydrogen (secondary N) is 1. The number of ether oxygens (including phenoxy) is 1. The minimum Gasteiger partial charge on any atom is -0.492 e. The number of nitrogens with zero attached hydrogens (tertiary/aromatic N) is 1. The molecular formula is C29H32N2O3S. The summed E-state index contributed by atoms with van der Waals surface area (Å²) in [6, 6.07) is 25.6. The van der Waals surface area contributed by atoms with Crippen LogP contribution in [-0.4, -0.2) is 30.2 Å². The van der Waals surface area contributed by atoms with E-state index >= 15 is 0 Å². The summed E-state index contributed by atoms with van der Waals surface area (Å²) >= 11 is 1.59. The predicted molar refractivity (Wildman–Crippen MR) is 143 cm³/mol. The van der Waals surface area contributed by atoms with Crippen molar-refractivity contribution in [3.05, 3.63) is 95.6 Å². The van der Waals surface area contributed by atoms with E-state index in [1.807, 2.05) is 68.4 Å². The largest absolute Gasteiger partial charge is 0.492 e. The van der Waals surface area contributed by atoms with E-state index in [1.54, 1.807) is 16.7 Å². The van der Waals surface area contributed by atoms with Gasteiger partial charge in [-0.05, 0) is 68.5 Å². The van der Waals surface area contributed by atoms with E-state index in [1.165, 1.54) is 5.56 Å². The number of thioether (sulfide) groups is 1. The maximum absolute atomic E-state index is 13.1. The number of unbranched alkanes of at least 4 members (excludes halogenated alkanes) is 1. The zero-order valence-electron chi connectivity index (χ0n) is 20.3. The number of carbonyl (C=O) groups is 2. The Labute approximate surface area is 211 Å². The Morgan fingerprint density at radius 3 is 2.57 bits per heavy atom. The molecule has 2 unspecified atom stereocenters. The third-order valence-corrected chi connectivity index (χ3v) is 7.38. The number of benzene rings is 3. The van der Waals surface area contributed by atoms with Gasteiger partial charge in [-0.3, -0.25) is 14.5 Å². The van der Waals surface area contributed by atoms with Crippen molar-refractivity contribution in [2.45, 2.75) is 43.7 Å². The van der Waals surface area contributed by atoms with Gasteiger partial charge in [0, 0.05) is 12.1 Å². The number of hydrogen-bond acceptors (Lipinski definition) is 4. The number of aryl methyl sites for hydroxylation is 1. The van der Waals surface area contributed by atoms with Crippen LogP contribution in [0.2, 0.25) is 0 Å². The molecule has 2 atom stereocenters. The van der Waals surface area contributed by atoms with E-state index in [9.17, 15) is 9.59 Å². The molecule has 3 aromatic rings. The lowest BCUT2D eigenvalue weighted by Crippen LogP contribution is -2.30. The molecule has 6 heteroatoms. The second-order valence-corrected chi connectivity index (χ2v) is 9.99. The van der Waals surface area contributed by atoms with Gasteiger partial charge in [0.25, 0.3) is 5.91 Å². The first-order chi connectivity index (χ1) is 17.1. The number of anilines is 1. The van der Waals surface area contributed by atoms with E-state index in [4.69, 9.17) is 4.74 Å². The van der Waals surface area contributed by atoms with Crippen LogP contribution in [0.25, 0.3) is 0 Å². The monoisotopic (exact) mass is 488 g/mol. The molecule has 0 bridgehead atoms. The number of para-hydroxylation sites is 2. The third-order valence-electron chi connectivity index (χ3n) is 6.03. The molecule has 0 aromatic heterocycles. The molecule has 0 spiro atoms. The molecule has 4 rings (SSSR count). The Balaban J connectivity index is 1.43. The summed E-state index contributed by atoms with van der Waals surface area (Å²) in [4.78, 5) is 27.8. The summed E-state index contributed by atoms with van der Waals surface area (Å²) in [5.41, 5.74) is 3.61. The van der Waals surface area contributed by atoms with Crippen LogP contribution in [0.5, 0.6) is 5.75 Å². The smallest absolute Gasteiger partial charge is 0.251 e. The fraction of sp³-hybridized carbons (Fsp3) is 0.310.